The van der Waals surface area contributed by atoms with E-state index in [1.165, 1.54) is 36.8 Å². The van der Waals surface area contributed by atoms with Crippen LogP contribution in [-0.4, -0.2) is 18.1 Å². The van der Waals surface area contributed by atoms with Crippen molar-refractivity contribution >= 4 is 0 Å². The lowest BCUT2D eigenvalue weighted by Crippen LogP contribution is -2.25. The SMILES string of the molecule is COc1ccc(CC(N)C2=CCCCCC2)cn1. The van der Waals surface area contributed by atoms with Crippen LogP contribution in [0, 0.1) is 0 Å². The van der Waals surface area contributed by atoms with Crippen LogP contribution in [0.4, 0.5) is 0 Å². The fraction of sp³-hybridized carbons (Fsp3) is 0.533. The molecular weight excluding hydrogens is 224 g/mol. The summed E-state index contributed by atoms with van der Waals surface area (Å²) in [7, 11) is 1.63. The van der Waals surface area contributed by atoms with Gasteiger partial charge in [-0.15, -0.1) is 0 Å². The van der Waals surface area contributed by atoms with Crippen molar-refractivity contribution in [3.05, 3.63) is 35.5 Å². The van der Waals surface area contributed by atoms with Crippen LogP contribution in [-0.2, 0) is 6.42 Å². The Morgan fingerprint density at radius 3 is 2.94 bits per heavy atom. The van der Waals surface area contributed by atoms with Crippen molar-refractivity contribution in [2.75, 3.05) is 7.11 Å². The molecule has 0 bridgehead atoms. The van der Waals surface area contributed by atoms with Gasteiger partial charge in [-0.2, -0.15) is 0 Å². The Balaban J connectivity index is 1.96. The third-order valence-electron chi connectivity index (χ3n) is 3.51. The van der Waals surface area contributed by atoms with Crippen molar-refractivity contribution < 1.29 is 4.74 Å². The summed E-state index contributed by atoms with van der Waals surface area (Å²) >= 11 is 0. The second-order valence-electron chi connectivity index (χ2n) is 4.90. The number of nitrogens with two attached hydrogens (primary N) is 1. The third-order valence-corrected chi connectivity index (χ3v) is 3.51. The lowest BCUT2D eigenvalue weighted by molar-refractivity contribution is 0.397. The van der Waals surface area contributed by atoms with Gasteiger partial charge >= 0.3 is 0 Å². The lowest BCUT2D eigenvalue weighted by atomic mass is 9.97. The first kappa shape index (κ1) is 13.1. The van der Waals surface area contributed by atoms with Crippen LogP contribution in [0.2, 0.25) is 0 Å². The standard InChI is InChI=1S/C15H22N2O/c1-18-15-9-8-12(11-17-15)10-14(16)13-6-4-2-3-5-7-13/h6,8-9,11,14H,2-5,7,10,16H2,1H3. The predicted octanol–water partition coefficient (Wildman–Crippen LogP) is 2.85. The van der Waals surface area contributed by atoms with E-state index in [0.29, 0.717) is 5.88 Å². The molecule has 0 saturated carbocycles. The number of hydrogen-bond acceptors (Lipinski definition) is 3. The summed E-state index contributed by atoms with van der Waals surface area (Å²) in [4.78, 5) is 4.22. The van der Waals surface area contributed by atoms with Gasteiger partial charge in [-0.25, -0.2) is 4.98 Å². The summed E-state index contributed by atoms with van der Waals surface area (Å²) in [6, 6.07) is 4.07. The maximum Gasteiger partial charge on any atom is 0.212 e. The first-order valence-electron chi connectivity index (χ1n) is 6.73. The zero-order valence-electron chi connectivity index (χ0n) is 11.1. The van der Waals surface area contributed by atoms with E-state index in [-0.39, 0.29) is 6.04 Å². The average molecular weight is 246 g/mol. The van der Waals surface area contributed by atoms with E-state index in [2.05, 4.69) is 11.1 Å². The molecule has 0 aromatic carbocycles. The molecule has 0 radical (unpaired) electrons. The van der Waals surface area contributed by atoms with E-state index < -0.39 is 0 Å². The normalized spacial score (nSPS) is 17.8. The minimum absolute atomic E-state index is 0.137. The molecular formula is C15H22N2O. The second kappa shape index (κ2) is 6.55. The van der Waals surface area contributed by atoms with Gasteiger partial charge in [0.2, 0.25) is 5.88 Å². The van der Waals surface area contributed by atoms with Gasteiger partial charge in [-0.1, -0.05) is 24.1 Å². The molecule has 0 aliphatic heterocycles. The molecule has 3 nitrogen and oxygen atoms in total. The highest BCUT2D eigenvalue weighted by atomic mass is 16.5. The third kappa shape index (κ3) is 3.57. The minimum Gasteiger partial charge on any atom is -0.481 e. The first-order valence-corrected chi connectivity index (χ1v) is 6.73. The molecule has 1 unspecified atom stereocenters. The first-order chi connectivity index (χ1) is 8.79. The molecule has 18 heavy (non-hydrogen) atoms. The van der Waals surface area contributed by atoms with Gasteiger partial charge in [-0.05, 0) is 37.7 Å². The largest absolute Gasteiger partial charge is 0.481 e. The van der Waals surface area contributed by atoms with Crippen molar-refractivity contribution in [1.29, 1.82) is 0 Å². The molecule has 1 aliphatic rings. The van der Waals surface area contributed by atoms with E-state index >= 15 is 0 Å². The molecule has 1 heterocycles. The van der Waals surface area contributed by atoms with Gasteiger partial charge < -0.3 is 10.5 Å². The Labute approximate surface area is 109 Å². The van der Waals surface area contributed by atoms with E-state index in [4.69, 9.17) is 10.5 Å². The minimum atomic E-state index is 0.137. The summed E-state index contributed by atoms with van der Waals surface area (Å²) in [5.41, 5.74) is 8.89. The molecule has 0 fully saturated rings. The number of aromatic nitrogens is 1. The number of pyridine rings is 1. The number of methoxy groups -OCH3 is 1. The van der Waals surface area contributed by atoms with Crippen LogP contribution in [0.1, 0.15) is 37.7 Å². The maximum absolute atomic E-state index is 6.29. The van der Waals surface area contributed by atoms with Crippen molar-refractivity contribution in [3.63, 3.8) is 0 Å². The highest BCUT2D eigenvalue weighted by Crippen LogP contribution is 2.21. The smallest absolute Gasteiger partial charge is 0.212 e. The lowest BCUT2D eigenvalue weighted by Gasteiger charge is -2.15. The van der Waals surface area contributed by atoms with Crippen LogP contribution in [0.25, 0.3) is 0 Å². The molecule has 0 saturated heterocycles. The Hall–Kier alpha value is -1.35. The van der Waals surface area contributed by atoms with Crippen molar-refractivity contribution in [2.24, 2.45) is 5.73 Å². The molecule has 1 atom stereocenters. The highest BCUT2D eigenvalue weighted by Gasteiger charge is 2.12. The Kier molecular flexibility index (Phi) is 4.76. The quantitative estimate of drug-likeness (QED) is 0.831. The van der Waals surface area contributed by atoms with Crippen molar-refractivity contribution in [1.82, 2.24) is 4.98 Å². The van der Waals surface area contributed by atoms with Crippen LogP contribution >= 0.6 is 0 Å². The predicted molar refractivity (Wildman–Crippen MR) is 73.6 cm³/mol. The van der Waals surface area contributed by atoms with E-state index in [0.717, 1.165) is 12.8 Å². The van der Waals surface area contributed by atoms with Gasteiger partial charge in [0.1, 0.15) is 0 Å². The molecule has 0 amide bonds. The van der Waals surface area contributed by atoms with Gasteiger partial charge in [0.15, 0.2) is 0 Å². The zero-order chi connectivity index (χ0) is 12.8. The number of allylic oxidation sites excluding steroid dienone is 1. The molecule has 98 valence electrons. The summed E-state index contributed by atoms with van der Waals surface area (Å²) in [6.45, 7) is 0. The van der Waals surface area contributed by atoms with Crippen molar-refractivity contribution in [2.45, 2.75) is 44.6 Å². The molecule has 1 aliphatic carbocycles. The Morgan fingerprint density at radius 2 is 2.22 bits per heavy atom. The van der Waals surface area contributed by atoms with Crippen LogP contribution < -0.4 is 10.5 Å². The molecule has 1 aromatic heterocycles. The molecule has 1 aromatic rings. The Morgan fingerprint density at radius 1 is 1.33 bits per heavy atom. The van der Waals surface area contributed by atoms with Crippen LogP contribution in [0.5, 0.6) is 5.88 Å². The summed E-state index contributed by atoms with van der Waals surface area (Å²) < 4.78 is 5.05. The summed E-state index contributed by atoms with van der Waals surface area (Å²) in [6.07, 6.45) is 11.3. The number of ether oxygens (including phenoxy) is 1. The van der Waals surface area contributed by atoms with E-state index in [1.807, 2.05) is 18.3 Å². The van der Waals surface area contributed by atoms with Crippen molar-refractivity contribution in [3.8, 4) is 5.88 Å². The molecule has 0 spiro atoms. The van der Waals surface area contributed by atoms with Gasteiger partial charge in [0.05, 0.1) is 7.11 Å². The zero-order valence-corrected chi connectivity index (χ0v) is 11.1. The highest BCUT2D eigenvalue weighted by molar-refractivity contribution is 5.22. The van der Waals surface area contributed by atoms with E-state index in [9.17, 15) is 0 Å². The fourth-order valence-electron chi connectivity index (χ4n) is 2.41. The monoisotopic (exact) mass is 246 g/mol. The number of hydrogen-bond donors (Lipinski definition) is 1. The van der Waals surface area contributed by atoms with Gasteiger partial charge in [0, 0.05) is 18.3 Å². The molecule has 2 N–H and O–H groups in total. The summed E-state index contributed by atoms with van der Waals surface area (Å²) in [5.74, 6) is 0.654. The number of nitrogens with zero attached hydrogens (tertiary/aromatic N) is 1. The van der Waals surface area contributed by atoms with Gasteiger partial charge in [0.25, 0.3) is 0 Å². The summed E-state index contributed by atoms with van der Waals surface area (Å²) in [5, 5.41) is 0. The average Bonchev–Trinajstić information content (AvgIpc) is 2.68. The fourth-order valence-corrected chi connectivity index (χ4v) is 2.41. The topological polar surface area (TPSA) is 48.1 Å². The van der Waals surface area contributed by atoms with Crippen LogP contribution in [0.15, 0.2) is 30.0 Å². The maximum atomic E-state index is 6.29. The van der Waals surface area contributed by atoms with Crippen LogP contribution in [0.3, 0.4) is 0 Å². The second-order valence-corrected chi connectivity index (χ2v) is 4.90. The van der Waals surface area contributed by atoms with E-state index in [1.54, 1.807) is 7.11 Å². The molecule has 3 heteroatoms. The Bertz CT molecular complexity index is 397. The molecule has 2 rings (SSSR count). The number of rotatable bonds is 4. The van der Waals surface area contributed by atoms with Gasteiger partial charge in [-0.3, -0.25) is 0 Å².